The van der Waals surface area contributed by atoms with Gasteiger partial charge in [-0.3, -0.25) is 14.5 Å². The molecular weight excluding hydrogens is 402 g/mol. The van der Waals surface area contributed by atoms with Crippen LogP contribution in [0.5, 0.6) is 11.5 Å². The van der Waals surface area contributed by atoms with Gasteiger partial charge >= 0.3 is 0 Å². The van der Waals surface area contributed by atoms with E-state index >= 15 is 0 Å². The molecule has 5 nitrogen and oxygen atoms in total. The lowest BCUT2D eigenvalue weighted by atomic mass is 9.76. The molecule has 0 N–H and O–H groups in total. The van der Waals surface area contributed by atoms with Gasteiger partial charge in [-0.25, -0.2) is 0 Å². The first-order valence-corrected chi connectivity index (χ1v) is 10.4. The van der Waals surface area contributed by atoms with Crippen LogP contribution in [0.1, 0.15) is 42.7 Å². The first-order chi connectivity index (χ1) is 14.4. The standard InChI is InChI=1S/C24H24ClNO4/c1-14-7-8-15(25)11-20(14)26-19-5-4-6-21(27)24(19)18(13-23(26)28)17-12-16(29-2)9-10-22(17)30-3/h7-12,18H,4-6,13H2,1-3H3/t18-/m0/s1. The smallest absolute Gasteiger partial charge is 0.232 e. The van der Waals surface area contributed by atoms with Gasteiger partial charge in [0.2, 0.25) is 5.91 Å². The number of Topliss-reactive ketones (excluding diaryl/α,β-unsaturated/α-hetero) is 1. The molecule has 1 heterocycles. The van der Waals surface area contributed by atoms with Gasteiger partial charge in [0, 0.05) is 40.6 Å². The Labute approximate surface area is 181 Å². The number of ether oxygens (including phenoxy) is 2. The van der Waals surface area contributed by atoms with Crippen LogP contribution in [0.25, 0.3) is 0 Å². The molecule has 0 radical (unpaired) electrons. The predicted octanol–water partition coefficient (Wildman–Crippen LogP) is 5.19. The number of aryl methyl sites for hydroxylation is 1. The predicted molar refractivity (Wildman–Crippen MR) is 116 cm³/mol. The molecule has 0 fully saturated rings. The van der Waals surface area contributed by atoms with Gasteiger partial charge in [0.05, 0.1) is 19.9 Å². The third-order valence-corrected chi connectivity index (χ3v) is 6.13. The summed E-state index contributed by atoms with van der Waals surface area (Å²) in [6.45, 7) is 1.95. The summed E-state index contributed by atoms with van der Waals surface area (Å²) in [7, 11) is 3.19. The molecular formula is C24H24ClNO4. The molecule has 2 aromatic rings. The Balaban J connectivity index is 1.92. The van der Waals surface area contributed by atoms with Crippen molar-refractivity contribution in [3.05, 3.63) is 63.8 Å². The quantitative estimate of drug-likeness (QED) is 0.676. The second-order valence-electron chi connectivity index (χ2n) is 7.66. The number of amides is 1. The number of methoxy groups -OCH3 is 2. The van der Waals surface area contributed by atoms with Crippen LogP contribution in [0.15, 0.2) is 47.7 Å². The minimum atomic E-state index is -0.360. The van der Waals surface area contributed by atoms with Crippen molar-refractivity contribution in [3.8, 4) is 11.5 Å². The molecule has 4 rings (SSSR count). The summed E-state index contributed by atoms with van der Waals surface area (Å²) in [5.41, 5.74) is 3.96. The number of anilines is 1. The zero-order valence-corrected chi connectivity index (χ0v) is 18.1. The molecule has 0 aromatic heterocycles. The van der Waals surface area contributed by atoms with Crippen molar-refractivity contribution in [2.45, 2.75) is 38.5 Å². The maximum Gasteiger partial charge on any atom is 0.232 e. The summed E-state index contributed by atoms with van der Waals surface area (Å²) < 4.78 is 11.0. The van der Waals surface area contributed by atoms with Gasteiger partial charge in [-0.05, 0) is 55.7 Å². The van der Waals surface area contributed by atoms with Crippen LogP contribution >= 0.6 is 11.6 Å². The summed E-state index contributed by atoms with van der Waals surface area (Å²) >= 11 is 6.23. The number of nitrogens with zero attached hydrogens (tertiary/aromatic N) is 1. The molecule has 1 amide bonds. The molecule has 1 aliphatic heterocycles. The highest BCUT2D eigenvalue weighted by molar-refractivity contribution is 6.31. The number of hydrogen-bond acceptors (Lipinski definition) is 4. The molecule has 30 heavy (non-hydrogen) atoms. The second kappa shape index (κ2) is 8.15. The molecule has 0 bridgehead atoms. The maximum absolute atomic E-state index is 13.4. The monoisotopic (exact) mass is 425 g/mol. The Morgan fingerprint density at radius 2 is 1.83 bits per heavy atom. The van der Waals surface area contributed by atoms with Gasteiger partial charge < -0.3 is 9.47 Å². The molecule has 156 valence electrons. The van der Waals surface area contributed by atoms with E-state index in [2.05, 4.69) is 0 Å². The van der Waals surface area contributed by atoms with Crippen molar-refractivity contribution < 1.29 is 19.1 Å². The Kier molecular flexibility index (Phi) is 5.56. The van der Waals surface area contributed by atoms with Crippen molar-refractivity contribution in [1.82, 2.24) is 0 Å². The van der Waals surface area contributed by atoms with E-state index in [0.717, 1.165) is 28.9 Å². The van der Waals surface area contributed by atoms with Gasteiger partial charge in [0.25, 0.3) is 0 Å². The molecule has 2 aromatic carbocycles. The molecule has 2 aliphatic rings. The van der Waals surface area contributed by atoms with Crippen molar-refractivity contribution in [2.24, 2.45) is 0 Å². The van der Waals surface area contributed by atoms with E-state index in [9.17, 15) is 9.59 Å². The number of benzene rings is 2. The van der Waals surface area contributed by atoms with E-state index < -0.39 is 0 Å². The number of ketones is 1. The average molecular weight is 426 g/mol. The molecule has 0 spiro atoms. The third kappa shape index (κ3) is 3.47. The van der Waals surface area contributed by atoms with Crippen LogP contribution in [0.3, 0.4) is 0 Å². The third-order valence-electron chi connectivity index (χ3n) is 5.90. The van der Waals surface area contributed by atoms with Crippen molar-refractivity contribution in [3.63, 3.8) is 0 Å². The van der Waals surface area contributed by atoms with Crippen LogP contribution in [-0.4, -0.2) is 25.9 Å². The highest BCUT2D eigenvalue weighted by Crippen LogP contribution is 2.47. The maximum atomic E-state index is 13.4. The van der Waals surface area contributed by atoms with Gasteiger partial charge in [-0.15, -0.1) is 0 Å². The molecule has 0 saturated heterocycles. The number of allylic oxidation sites excluding steroid dienone is 2. The summed E-state index contributed by atoms with van der Waals surface area (Å²) in [6.07, 6.45) is 2.06. The Morgan fingerprint density at radius 1 is 1.03 bits per heavy atom. The summed E-state index contributed by atoms with van der Waals surface area (Å²) in [5, 5.41) is 0.560. The van der Waals surface area contributed by atoms with Crippen LogP contribution < -0.4 is 14.4 Å². The lowest BCUT2D eigenvalue weighted by Gasteiger charge is -2.39. The van der Waals surface area contributed by atoms with Gasteiger partial charge in [0.1, 0.15) is 11.5 Å². The van der Waals surface area contributed by atoms with E-state index in [-0.39, 0.29) is 24.0 Å². The van der Waals surface area contributed by atoms with Gasteiger partial charge in [-0.2, -0.15) is 0 Å². The summed E-state index contributed by atoms with van der Waals surface area (Å²) in [5.74, 6) is 0.982. The van der Waals surface area contributed by atoms with Crippen molar-refractivity contribution in [1.29, 1.82) is 0 Å². The number of halogens is 1. The Morgan fingerprint density at radius 3 is 2.57 bits per heavy atom. The fourth-order valence-electron chi connectivity index (χ4n) is 4.47. The normalized spacial score (nSPS) is 19.1. The number of hydrogen-bond donors (Lipinski definition) is 0. The first kappa shape index (κ1) is 20.5. The fraction of sp³-hybridized carbons (Fsp3) is 0.333. The zero-order valence-electron chi connectivity index (χ0n) is 17.3. The zero-order chi connectivity index (χ0) is 21.4. The molecule has 1 atom stereocenters. The van der Waals surface area contributed by atoms with Crippen LogP contribution in [0, 0.1) is 6.92 Å². The van der Waals surface area contributed by atoms with E-state index in [1.54, 1.807) is 31.3 Å². The van der Waals surface area contributed by atoms with Crippen molar-refractivity contribution >= 4 is 29.0 Å². The number of carbonyl (C=O) groups is 2. The lowest BCUT2D eigenvalue weighted by Crippen LogP contribution is -2.41. The van der Waals surface area contributed by atoms with Gasteiger partial charge in [0.15, 0.2) is 5.78 Å². The minimum absolute atomic E-state index is 0.0521. The van der Waals surface area contributed by atoms with Crippen molar-refractivity contribution in [2.75, 3.05) is 19.1 Å². The van der Waals surface area contributed by atoms with E-state index in [0.29, 0.717) is 34.9 Å². The largest absolute Gasteiger partial charge is 0.497 e. The number of rotatable bonds is 4. The Hall–Kier alpha value is -2.79. The SMILES string of the molecule is COc1ccc(OC)c([C@@H]2CC(=O)N(c3cc(Cl)ccc3C)C3=C2C(=O)CCC3)c1. The van der Waals surface area contributed by atoms with E-state index in [1.165, 1.54) is 0 Å². The summed E-state index contributed by atoms with van der Waals surface area (Å²) in [4.78, 5) is 28.2. The molecule has 0 saturated carbocycles. The second-order valence-corrected chi connectivity index (χ2v) is 8.10. The fourth-order valence-corrected chi connectivity index (χ4v) is 4.64. The topological polar surface area (TPSA) is 55.8 Å². The van der Waals surface area contributed by atoms with E-state index in [1.807, 2.05) is 31.2 Å². The highest BCUT2D eigenvalue weighted by atomic mass is 35.5. The molecule has 0 unspecified atom stereocenters. The van der Waals surface area contributed by atoms with E-state index in [4.69, 9.17) is 21.1 Å². The summed E-state index contributed by atoms with van der Waals surface area (Å²) in [6, 6.07) is 11.0. The highest BCUT2D eigenvalue weighted by Gasteiger charge is 2.41. The lowest BCUT2D eigenvalue weighted by molar-refractivity contribution is -0.119. The van der Waals surface area contributed by atoms with Gasteiger partial charge in [-0.1, -0.05) is 17.7 Å². The molecule has 6 heteroatoms. The van der Waals surface area contributed by atoms with Crippen LogP contribution in [0.2, 0.25) is 5.02 Å². The Bertz CT molecular complexity index is 1060. The van der Waals surface area contributed by atoms with Crippen LogP contribution in [0.4, 0.5) is 5.69 Å². The number of carbonyl (C=O) groups excluding carboxylic acids is 2. The first-order valence-electron chi connectivity index (χ1n) is 10.0. The van der Waals surface area contributed by atoms with Crippen LogP contribution in [-0.2, 0) is 9.59 Å². The average Bonchev–Trinajstić information content (AvgIpc) is 2.75. The minimum Gasteiger partial charge on any atom is -0.497 e. The molecule has 1 aliphatic carbocycles.